The fraction of sp³-hybridized carbons (Fsp3) is 0.400. The molecule has 2 nitrogen and oxygen atoms in total. The van der Waals surface area contributed by atoms with Crippen LogP contribution in [0.15, 0.2) is 22.7 Å². The first-order valence-electron chi connectivity index (χ1n) is 4.55. The van der Waals surface area contributed by atoms with Gasteiger partial charge in [-0.1, -0.05) is 6.07 Å². The van der Waals surface area contributed by atoms with Gasteiger partial charge < -0.3 is 10.4 Å². The molecule has 1 atom stereocenters. The number of hydrogen-bond donors (Lipinski definition) is 2. The van der Waals surface area contributed by atoms with E-state index in [2.05, 4.69) is 21.2 Å². The Balaban J connectivity index is 2.64. The number of halogens is 4. The third kappa shape index (κ3) is 3.68. The molecule has 0 aromatic heterocycles. The molecule has 0 aliphatic rings. The predicted molar refractivity (Wildman–Crippen MR) is 59.4 cm³/mol. The van der Waals surface area contributed by atoms with Crippen LogP contribution in [0.4, 0.5) is 18.9 Å². The highest BCUT2D eigenvalue weighted by atomic mass is 79.9. The molecular weight excluding hydrogens is 287 g/mol. The molecule has 1 aromatic carbocycles. The van der Waals surface area contributed by atoms with Crippen LogP contribution in [0.1, 0.15) is 5.56 Å². The first-order chi connectivity index (χ1) is 7.30. The van der Waals surface area contributed by atoms with Crippen LogP contribution in [0.5, 0.6) is 0 Å². The van der Waals surface area contributed by atoms with Gasteiger partial charge in [-0.25, -0.2) is 0 Å². The van der Waals surface area contributed by atoms with Gasteiger partial charge in [0.05, 0.1) is 0 Å². The van der Waals surface area contributed by atoms with Crippen molar-refractivity contribution in [3.8, 4) is 0 Å². The Hall–Kier alpha value is -0.750. The van der Waals surface area contributed by atoms with Crippen molar-refractivity contribution in [3.63, 3.8) is 0 Å². The zero-order valence-corrected chi connectivity index (χ0v) is 10.1. The number of alkyl halides is 3. The van der Waals surface area contributed by atoms with Crippen molar-refractivity contribution in [2.45, 2.75) is 19.2 Å². The molecule has 1 unspecified atom stereocenters. The van der Waals surface area contributed by atoms with Crippen LogP contribution in [0.3, 0.4) is 0 Å². The number of anilines is 1. The number of rotatable bonds is 3. The monoisotopic (exact) mass is 297 g/mol. The molecule has 90 valence electrons. The van der Waals surface area contributed by atoms with E-state index >= 15 is 0 Å². The maximum Gasteiger partial charge on any atom is 0.416 e. The second-order valence-corrected chi connectivity index (χ2v) is 4.28. The molecule has 0 aliphatic carbocycles. The van der Waals surface area contributed by atoms with Gasteiger partial charge in [0.25, 0.3) is 0 Å². The summed E-state index contributed by atoms with van der Waals surface area (Å²) in [6, 6.07) is 5.26. The smallest absolute Gasteiger partial charge is 0.382 e. The van der Waals surface area contributed by atoms with Crippen LogP contribution in [0.25, 0.3) is 0 Å². The summed E-state index contributed by atoms with van der Waals surface area (Å²) in [4.78, 5) is 0. The van der Waals surface area contributed by atoms with E-state index in [0.717, 1.165) is 5.56 Å². The van der Waals surface area contributed by atoms with Gasteiger partial charge >= 0.3 is 6.18 Å². The molecule has 0 bridgehead atoms. The zero-order valence-electron chi connectivity index (χ0n) is 8.48. The van der Waals surface area contributed by atoms with Crippen molar-refractivity contribution >= 4 is 21.6 Å². The van der Waals surface area contributed by atoms with Crippen molar-refractivity contribution < 1.29 is 18.3 Å². The van der Waals surface area contributed by atoms with E-state index in [1.165, 1.54) is 0 Å². The van der Waals surface area contributed by atoms with Gasteiger partial charge in [0.1, 0.15) is 0 Å². The average Bonchev–Trinajstić information content (AvgIpc) is 2.17. The van der Waals surface area contributed by atoms with Crippen molar-refractivity contribution in [2.24, 2.45) is 0 Å². The summed E-state index contributed by atoms with van der Waals surface area (Å²) in [5.41, 5.74) is 1.45. The van der Waals surface area contributed by atoms with Gasteiger partial charge in [-0.3, -0.25) is 0 Å². The Morgan fingerprint density at radius 2 is 2.06 bits per heavy atom. The Labute approximate surface area is 99.6 Å². The van der Waals surface area contributed by atoms with Gasteiger partial charge in [0.15, 0.2) is 6.10 Å². The molecule has 0 aliphatic heterocycles. The largest absolute Gasteiger partial charge is 0.416 e. The molecule has 2 N–H and O–H groups in total. The van der Waals surface area contributed by atoms with E-state index in [0.29, 0.717) is 10.2 Å². The number of benzene rings is 1. The van der Waals surface area contributed by atoms with E-state index in [4.69, 9.17) is 5.11 Å². The third-order valence-corrected chi connectivity index (χ3v) is 2.68. The third-order valence-electron chi connectivity index (χ3n) is 1.99. The van der Waals surface area contributed by atoms with Crippen LogP contribution < -0.4 is 5.32 Å². The second-order valence-electron chi connectivity index (χ2n) is 3.42. The molecule has 0 saturated carbocycles. The first-order valence-corrected chi connectivity index (χ1v) is 5.35. The van der Waals surface area contributed by atoms with Crippen LogP contribution in [0, 0.1) is 6.92 Å². The summed E-state index contributed by atoms with van der Waals surface area (Å²) < 4.78 is 36.7. The summed E-state index contributed by atoms with van der Waals surface area (Å²) in [6.07, 6.45) is -6.96. The van der Waals surface area contributed by atoms with Crippen molar-refractivity contribution in [2.75, 3.05) is 11.9 Å². The fourth-order valence-electron chi connectivity index (χ4n) is 1.10. The Bertz CT molecular complexity index is 368. The van der Waals surface area contributed by atoms with Gasteiger partial charge in [-0.05, 0) is 40.5 Å². The van der Waals surface area contributed by atoms with Crippen molar-refractivity contribution in [1.29, 1.82) is 0 Å². The zero-order chi connectivity index (χ0) is 12.3. The van der Waals surface area contributed by atoms with Crippen LogP contribution >= 0.6 is 15.9 Å². The first kappa shape index (κ1) is 13.3. The van der Waals surface area contributed by atoms with Gasteiger partial charge in [0, 0.05) is 16.7 Å². The van der Waals surface area contributed by atoms with Crippen LogP contribution in [-0.4, -0.2) is 23.9 Å². The normalized spacial score (nSPS) is 13.6. The quantitative estimate of drug-likeness (QED) is 0.899. The summed E-state index contributed by atoms with van der Waals surface area (Å²) in [5.74, 6) is 0. The average molecular weight is 298 g/mol. The minimum atomic E-state index is -4.59. The molecule has 1 aromatic rings. The summed E-state index contributed by atoms with van der Waals surface area (Å²) in [7, 11) is 0. The van der Waals surface area contributed by atoms with Crippen molar-refractivity contribution in [1.82, 2.24) is 0 Å². The fourth-order valence-corrected chi connectivity index (χ4v) is 1.48. The van der Waals surface area contributed by atoms with E-state index < -0.39 is 18.8 Å². The molecule has 0 amide bonds. The minimum absolute atomic E-state index is 0.531. The lowest BCUT2D eigenvalue weighted by Gasteiger charge is -2.16. The number of aliphatic hydroxyl groups excluding tert-OH is 1. The maximum atomic E-state index is 12.0. The molecule has 1 rings (SSSR count). The van der Waals surface area contributed by atoms with E-state index in [1.54, 1.807) is 12.1 Å². The molecule has 0 fully saturated rings. The van der Waals surface area contributed by atoms with Gasteiger partial charge in [0.2, 0.25) is 0 Å². The number of aryl methyl sites for hydroxylation is 1. The minimum Gasteiger partial charge on any atom is -0.382 e. The lowest BCUT2D eigenvalue weighted by atomic mass is 10.2. The Kier molecular flexibility index (Phi) is 4.21. The SMILES string of the molecule is Cc1ccc(Br)c(NCC(O)C(F)(F)F)c1. The van der Waals surface area contributed by atoms with E-state index in [9.17, 15) is 13.2 Å². The van der Waals surface area contributed by atoms with E-state index in [1.807, 2.05) is 13.0 Å². The topological polar surface area (TPSA) is 32.3 Å². The van der Waals surface area contributed by atoms with Crippen molar-refractivity contribution in [3.05, 3.63) is 28.2 Å². The molecule has 16 heavy (non-hydrogen) atoms. The van der Waals surface area contributed by atoms with Gasteiger partial charge in [-0.15, -0.1) is 0 Å². The summed E-state index contributed by atoms with van der Waals surface area (Å²) in [6.45, 7) is 1.27. The molecule has 0 spiro atoms. The second kappa shape index (κ2) is 5.05. The molecule has 0 saturated heterocycles. The molecular formula is C10H11BrF3NO. The summed E-state index contributed by atoms with van der Waals surface area (Å²) >= 11 is 3.21. The lowest BCUT2D eigenvalue weighted by molar-refractivity contribution is -0.198. The molecule has 0 radical (unpaired) electrons. The Morgan fingerprint density at radius 1 is 1.44 bits per heavy atom. The maximum absolute atomic E-state index is 12.0. The standard InChI is InChI=1S/C10H11BrF3NO/c1-6-2-3-7(11)8(4-6)15-5-9(16)10(12,13)14/h2-4,9,15-16H,5H2,1H3. The summed E-state index contributed by atoms with van der Waals surface area (Å²) in [5, 5.41) is 11.3. The number of hydrogen-bond acceptors (Lipinski definition) is 2. The number of aliphatic hydroxyl groups is 1. The highest BCUT2D eigenvalue weighted by molar-refractivity contribution is 9.10. The highest BCUT2D eigenvalue weighted by Crippen LogP contribution is 2.25. The van der Waals surface area contributed by atoms with Crippen LogP contribution in [-0.2, 0) is 0 Å². The predicted octanol–water partition coefficient (Wildman–Crippen LogP) is 3.09. The van der Waals surface area contributed by atoms with E-state index in [-0.39, 0.29) is 0 Å². The van der Waals surface area contributed by atoms with Crippen LogP contribution in [0.2, 0.25) is 0 Å². The lowest BCUT2D eigenvalue weighted by Crippen LogP contribution is -2.35. The molecule has 0 heterocycles. The van der Waals surface area contributed by atoms with Gasteiger partial charge in [-0.2, -0.15) is 13.2 Å². The molecule has 6 heteroatoms. The Morgan fingerprint density at radius 3 is 2.62 bits per heavy atom. The highest BCUT2D eigenvalue weighted by Gasteiger charge is 2.37. The number of nitrogens with one attached hydrogen (secondary N) is 1.